The second kappa shape index (κ2) is 8.16. The lowest BCUT2D eigenvalue weighted by atomic mass is 10.1. The minimum atomic E-state index is -2.82. The molecule has 8 nitrogen and oxygen atoms in total. The average molecular weight is 407 g/mol. The summed E-state index contributed by atoms with van der Waals surface area (Å²) < 4.78 is 33.1. The molecule has 0 aliphatic rings. The topological polar surface area (TPSA) is 94.2 Å². The van der Waals surface area contributed by atoms with Gasteiger partial charge in [-0.15, -0.1) is 0 Å². The average Bonchev–Trinajstić information content (AvgIpc) is 3.26. The zero-order chi connectivity index (χ0) is 21.2. The van der Waals surface area contributed by atoms with Crippen LogP contribution in [0.1, 0.15) is 44.2 Å². The van der Waals surface area contributed by atoms with Crippen LogP contribution in [0, 0.1) is 0 Å². The van der Waals surface area contributed by atoms with Gasteiger partial charge in [0.05, 0.1) is 23.4 Å². The van der Waals surface area contributed by atoms with E-state index >= 15 is 0 Å². The summed E-state index contributed by atoms with van der Waals surface area (Å²) in [5.74, 6) is -0.214. The molecule has 3 aromatic rings. The van der Waals surface area contributed by atoms with Crippen molar-refractivity contribution in [2.24, 2.45) is 0 Å². The van der Waals surface area contributed by atoms with E-state index in [-0.39, 0.29) is 5.69 Å². The van der Waals surface area contributed by atoms with Crippen molar-refractivity contribution in [3.63, 3.8) is 0 Å². The number of anilines is 1. The molecule has 0 radical (unpaired) electrons. The Kier molecular flexibility index (Phi) is 5.83. The van der Waals surface area contributed by atoms with E-state index in [2.05, 4.69) is 15.5 Å². The van der Waals surface area contributed by atoms with Crippen molar-refractivity contribution in [2.45, 2.75) is 45.9 Å². The fourth-order valence-corrected chi connectivity index (χ4v) is 2.73. The molecule has 0 spiro atoms. The number of ether oxygens (including phenoxy) is 1. The Morgan fingerprint density at radius 2 is 2.10 bits per heavy atom. The zero-order valence-electron chi connectivity index (χ0n) is 16.4. The summed E-state index contributed by atoms with van der Waals surface area (Å²) in [6.45, 7) is 3.34. The lowest BCUT2D eigenvalue weighted by Gasteiger charge is -2.16. The number of alkyl halides is 2. The van der Waals surface area contributed by atoms with Crippen molar-refractivity contribution < 1.29 is 23.4 Å². The summed E-state index contributed by atoms with van der Waals surface area (Å²) in [6, 6.07) is 4.62. The zero-order valence-corrected chi connectivity index (χ0v) is 16.4. The van der Waals surface area contributed by atoms with Gasteiger partial charge >= 0.3 is 6.55 Å². The lowest BCUT2D eigenvalue weighted by Crippen LogP contribution is -2.21. The normalized spacial score (nSPS) is 12.0. The first kappa shape index (κ1) is 20.7. The van der Waals surface area contributed by atoms with Crippen molar-refractivity contribution in [1.82, 2.24) is 19.6 Å². The van der Waals surface area contributed by atoms with Crippen molar-refractivity contribution in [2.75, 3.05) is 11.9 Å². The molecule has 1 amide bonds. The lowest BCUT2D eigenvalue weighted by molar-refractivity contribution is 0.0561. The van der Waals surface area contributed by atoms with E-state index in [4.69, 9.17) is 4.74 Å². The highest BCUT2D eigenvalue weighted by molar-refractivity contribution is 6.05. The number of nitrogens with zero attached hydrogens (tertiary/aromatic N) is 4. The van der Waals surface area contributed by atoms with Gasteiger partial charge in [0.2, 0.25) is 0 Å². The van der Waals surface area contributed by atoms with Gasteiger partial charge in [0.25, 0.3) is 5.91 Å². The maximum absolute atomic E-state index is 12.7. The van der Waals surface area contributed by atoms with E-state index in [9.17, 15) is 18.7 Å². The highest BCUT2D eigenvalue weighted by Gasteiger charge is 2.17. The van der Waals surface area contributed by atoms with E-state index in [1.807, 2.05) is 6.92 Å². The van der Waals surface area contributed by atoms with Crippen LogP contribution in [0.25, 0.3) is 10.9 Å². The molecule has 0 saturated heterocycles. The largest absolute Gasteiger partial charge is 0.492 e. The molecule has 0 bridgehead atoms. The Morgan fingerprint density at radius 1 is 1.34 bits per heavy atom. The highest BCUT2D eigenvalue weighted by Crippen LogP contribution is 2.30. The van der Waals surface area contributed by atoms with E-state index < -0.39 is 18.1 Å². The number of carbonyl (C=O) groups is 1. The van der Waals surface area contributed by atoms with Crippen LogP contribution >= 0.6 is 0 Å². The van der Waals surface area contributed by atoms with Crippen LogP contribution in [-0.2, 0) is 6.54 Å². The number of hydrogen-bond acceptors (Lipinski definition) is 5. The summed E-state index contributed by atoms with van der Waals surface area (Å²) in [7, 11) is 0. The van der Waals surface area contributed by atoms with E-state index in [0.717, 1.165) is 11.6 Å². The van der Waals surface area contributed by atoms with Gasteiger partial charge in [0, 0.05) is 30.4 Å². The Balaban J connectivity index is 1.86. The van der Waals surface area contributed by atoms with Gasteiger partial charge in [0.15, 0.2) is 5.69 Å². The standard InChI is InChI=1S/C19H23F2N5O3/c1-4-29-16-10-14-12(11-25(23-14)8-6-19(2,3)28)9-15(16)22-17(27)13-5-7-26(24-13)18(20)21/h5,7,9-11,18,28H,4,6,8H2,1-3H3,(H,22,27). The van der Waals surface area contributed by atoms with Crippen LogP contribution in [0.3, 0.4) is 0 Å². The Bertz CT molecular complexity index is 1010. The quantitative estimate of drug-likeness (QED) is 0.597. The second-order valence-electron chi connectivity index (χ2n) is 7.21. The smallest absolute Gasteiger partial charge is 0.333 e. The Morgan fingerprint density at radius 3 is 2.72 bits per heavy atom. The van der Waals surface area contributed by atoms with Gasteiger partial charge < -0.3 is 15.2 Å². The fraction of sp³-hybridized carbons (Fsp3) is 0.421. The molecule has 3 rings (SSSR count). The second-order valence-corrected chi connectivity index (χ2v) is 7.21. The summed E-state index contributed by atoms with van der Waals surface area (Å²) in [5.41, 5.74) is 0.117. The maximum atomic E-state index is 12.7. The first-order chi connectivity index (χ1) is 13.7. The van der Waals surface area contributed by atoms with Crippen LogP contribution in [0.5, 0.6) is 5.75 Å². The molecule has 29 heavy (non-hydrogen) atoms. The first-order valence-corrected chi connectivity index (χ1v) is 9.17. The van der Waals surface area contributed by atoms with E-state index in [1.54, 1.807) is 36.9 Å². The number of fused-ring (bicyclic) bond motifs is 1. The molecule has 0 aliphatic carbocycles. The van der Waals surface area contributed by atoms with Gasteiger partial charge in [-0.3, -0.25) is 9.48 Å². The monoisotopic (exact) mass is 407 g/mol. The third-order valence-electron chi connectivity index (χ3n) is 4.19. The van der Waals surface area contributed by atoms with Crippen molar-refractivity contribution in [3.8, 4) is 5.75 Å². The molecule has 10 heteroatoms. The first-order valence-electron chi connectivity index (χ1n) is 9.17. The van der Waals surface area contributed by atoms with Gasteiger partial charge in [-0.2, -0.15) is 19.0 Å². The number of hydrogen-bond donors (Lipinski definition) is 2. The maximum Gasteiger partial charge on any atom is 0.333 e. The minimum Gasteiger partial charge on any atom is -0.492 e. The number of benzene rings is 1. The SMILES string of the molecule is CCOc1cc2nn(CCC(C)(C)O)cc2cc1NC(=O)c1ccn(C(F)F)n1. The van der Waals surface area contributed by atoms with Crippen LogP contribution in [0.2, 0.25) is 0 Å². The Hall–Kier alpha value is -3.01. The third kappa shape index (κ3) is 5.08. The summed E-state index contributed by atoms with van der Waals surface area (Å²) in [6.07, 6.45) is 3.37. The highest BCUT2D eigenvalue weighted by atomic mass is 19.3. The molecule has 0 saturated carbocycles. The number of aliphatic hydroxyl groups is 1. The summed E-state index contributed by atoms with van der Waals surface area (Å²) in [4.78, 5) is 12.4. The summed E-state index contributed by atoms with van der Waals surface area (Å²) in [5, 5.41) is 21.4. The molecule has 0 atom stereocenters. The number of aryl methyl sites for hydroxylation is 1. The number of aromatic nitrogens is 4. The molecule has 2 N–H and O–H groups in total. The molecule has 0 aliphatic heterocycles. The molecular weight excluding hydrogens is 384 g/mol. The van der Waals surface area contributed by atoms with Gasteiger partial charge in [0.1, 0.15) is 5.75 Å². The van der Waals surface area contributed by atoms with Crippen molar-refractivity contribution in [3.05, 3.63) is 36.3 Å². The molecule has 0 unspecified atom stereocenters. The number of halogens is 2. The summed E-state index contributed by atoms with van der Waals surface area (Å²) >= 11 is 0. The molecule has 2 heterocycles. The predicted molar refractivity (Wildman–Crippen MR) is 103 cm³/mol. The molecule has 0 fully saturated rings. The predicted octanol–water partition coefficient (Wildman–Crippen LogP) is 3.44. The Labute approximate surface area is 166 Å². The van der Waals surface area contributed by atoms with E-state index in [1.165, 1.54) is 6.07 Å². The number of amides is 1. The van der Waals surface area contributed by atoms with Gasteiger partial charge in [-0.1, -0.05) is 0 Å². The van der Waals surface area contributed by atoms with E-state index in [0.29, 0.717) is 41.2 Å². The molecule has 156 valence electrons. The molecular formula is C19H23F2N5O3. The van der Waals surface area contributed by atoms with Gasteiger partial charge in [-0.05, 0) is 39.3 Å². The number of rotatable bonds is 8. The van der Waals surface area contributed by atoms with Crippen LogP contribution < -0.4 is 10.1 Å². The van der Waals surface area contributed by atoms with Crippen LogP contribution in [0.4, 0.5) is 14.5 Å². The van der Waals surface area contributed by atoms with Crippen molar-refractivity contribution >= 4 is 22.5 Å². The minimum absolute atomic E-state index is 0.131. The van der Waals surface area contributed by atoms with Crippen molar-refractivity contribution in [1.29, 1.82) is 0 Å². The van der Waals surface area contributed by atoms with Crippen LogP contribution in [0.15, 0.2) is 30.6 Å². The molecule has 1 aromatic carbocycles. The van der Waals surface area contributed by atoms with Crippen LogP contribution in [-0.4, -0.2) is 42.8 Å². The fourth-order valence-electron chi connectivity index (χ4n) is 2.73. The number of carbonyl (C=O) groups excluding carboxylic acids is 1. The third-order valence-corrected chi connectivity index (χ3v) is 4.19. The van der Waals surface area contributed by atoms with Gasteiger partial charge in [-0.25, -0.2) is 4.68 Å². The number of nitrogens with one attached hydrogen (secondary N) is 1. The molecule has 2 aromatic heterocycles.